The predicted octanol–water partition coefficient (Wildman–Crippen LogP) is 4.14. The van der Waals surface area contributed by atoms with Gasteiger partial charge in [0.2, 0.25) is 0 Å². The summed E-state index contributed by atoms with van der Waals surface area (Å²) in [6, 6.07) is 7.75. The summed E-state index contributed by atoms with van der Waals surface area (Å²) in [5, 5.41) is 1.33. The summed E-state index contributed by atoms with van der Waals surface area (Å²) in [5.74, 6) is 0.951. The Balaban J connectivity index is 1.87. The summed E-state index contributed by atoms with van der Waals surface area (Å²) >= 11 is 0. The zero-order valence-corrected chi connectivity index (χ0v) is 15.4. The highest BCUT2D eigenvalue weighted by Gasteiger charge is 2.27. The van der Waals surface area contributed by atoms with Crippen LogP contribution in [0.5, 0.6) is 0 Å². The third-order valence-corrected chi connectivity index (χ3v) is 6.86. The van der Waals surface area contributed by atoms with Crippen LogP contribution in [0.25, 0.3) is 0 Å². The summed E-state index contributed by atoms with van der Waals surface area (Å²) in [7, 11) is -1.33. The molecule has 1 fully saturated rings. The molecule has 3 unspecified atom stereocenters. The highest BCUT2D eigenvalue weighted by Crippen LogP contribution is 2.31. The summed E-state index contributed by atoms with van der Waals surface area (Å²) in [6.45, 7) is 11.4. The van der Waals surface area contributed by atoms with Gasteiger partial charge in [0.15, 0.2) is 0 Å². The minimum absolute atomic E-state index is 0.0383. The van der Waals surface area contributed by atoms with Crippen LogP contribution < -0.4 is 5.19 Å². The van der Waals surface area contributed by atoms with E-state index in [0.29, 0.717) is 11.5 Å². The van der Waals surface area contributed by atoms with Crippen LogP contribution in [-0.4, -0.2) is 20.1 Å². The molecule has 1 aliphatic carbocycles. The maximum absolute atomic E-state index is 12.1. The molecule has 0 heterocycles. The Kier molecular flexibility index (Phi) is 5.45. The number of carbonyl (C=O) groups is 1. The first-order valence-corrected chi connectivity index (χ1v) is 11.8. The number of hydrogen-bond acceptors (Lipinski definition) is 3. The molecule has 2 rings (SSSR count). The normalized spacial score (nSPS) is 25.8. The lowest BCUT2D eigenvalue weighted by Gasteiger charge is -2.30. The molecule has 0 spiro atoms. The first kappa shape index (κ1) is 17.2. The van der Waals surface area contributed by atoms with Gasteiger partial charge in [-0.2, -0.15) is 4.89 Å². The molecule has 3 atom stereocenters. The van der Waals surface area contributed by atoms with Gasteiger partial charge in [0, 0.05) is 0 Å². The van der Waals surface area contributed by atoms with E-state index >= 15 is 0 Å². The van der Waals surface area contributed by atoms with Crippen LogP contribution in [0, 0.1) is 11.8 Å². The van der Waals surface area contributed by atoms with Crippen molar-refractivity contribution in [3.63, 3.8) is 0 Å². The van der Waals surface area contributed by atoms with Crippen molar-refractivity contribution in [3.05, 3.63) is 29.8 Å². The van der Waals surface area contributed by atoms with Crippen molar-refractivity contribution in [2.24, 2.45) is 11.8 Å². The molecule has 0 bridgehead atoms. The molecular formula is C18H28O3Si. The molecule has 4 heteroatoms. The van der Waals surface area contributed by atoms with Gasteiger partial charge in [-0.25, -0.2) is 4.79 Å². The van der Waals surface area contributed by atoms with Gasteiger partial charge in [0.1, 0.15) is 6.10 Å². The van der Waals surface area contributed by atoms with E-state index in [2.05, 4.69) is 33.5 Å². The SMILES string of the molecule is CC1CCC(OOC(=O)c2ccc([Si](C)(C)C)cc2)CC1C. The summed E-state index contributed by atoms with van der Waals surface area (Å²) < 4.78 is 0. The number of rotatable bonds is 4. The van der Waals surface area contributed by atoms with E-state index in [4.69, 9.17) is 9.78 Å². The topological polar surface area (TPSA) is 35.5 Å². The molecule has 3 nitrogen and oxygen atoms in total. The summed E-state index contributed by atoms with van der Waals surface area (Å²) in [4.78, 5) is 22.5. The minimum Gasteiger partial charge on any atom is -0.293 e. The zero-order chi connectivity index (χ0) is 16.3. The molecule has 22 heavy (non-hydrogen) atoms. The van der Waals surface area contributed by atoms with Gasteiger partial charge in [-0.3, -0.25) is 4.89 Å². The average Bonchev–Trinajstić information content (AvgIpc) is 2.47. The van der Waals surface area contributed by atoms with Crippen molar-refractivity contribution in [2.45, 2.75) is 58.9 Å². The average molecular weight is 321 g/mol. The smallest absolute Gasteiger partial charge is 0.293 e. The Hall–Kier alpha value is -1.13. The maximum Gasteiger partial charge on any atom is 0.373 e. The third-order valence-electron chi connectivity index (χ3n) is 4.80. The Labute approximate surface area is 135 Å². The summed E-state index contributed by atoms with van der Waals surface area (Å²) in [6.07, 6.45) is 3.10. The van der Waals surface area contributed by atoms with Crippen LogP contribution in [0.15, 0.2) is 24.3 Å². The van der Waals surface area contributed by atoms with E-state index in [0.717, 1.165) is 25.2 Å². The third kappa shape index (κ3) is 4.43. The van der Waals surface area contributed by atoms with Crippen LogP contribution in [0.1, 0.15) is 43.5 Å². The Morgan fingerprint density at radius 1 is 1.05 bits per heavy atom. The Morgan fingerprint density at radius 3 is 2.23 bits per heavy atom. The van der Waals surface area contributed by atoms with Crippen molar-refractivity contribution in [1.29, 1.82) is 0 Å². The molecule has 0 saturated heterocycles. The quantitative estimate of drug-likeness (QED) is 0.475. The van der Waals surface area contributed by atoms with Gasteiger partial charge < -0.3 is 0 Å². The zero-order valence-electron chi connectivity index (χ0n) is 14.4. The fourth-order valence-electron chi connectivity index (χ4n) is 2.85. The van der Waals surface area contributed by atoms with Crippen LogP contribution in [-0.2, 0) is 9.78 Å². The molecule has 1 aromatic carbocycles. The standard InChI is InChI=1S/C18H28O3Si/c1-13-6-9-16(12-14(13)2)20-21-18(19)15-7-10-17(11-8-15)22(3,4)5/h7-8,10-11,13-14,16H,6,9,12H2,1-5H3. The van der Waals surface area contributed by atoms with Crippen LogP contribution in [0.4, 0.5) is 0 Å². The highest BCUT2D eigenvalue weighted by atomic mass is 28.3. The lowest BCUT2D eigenvalue weighted by Crippen LogP contribution is -2.37. The molecule has 0 N–H and O–H groups in total. The number of benzene rings is 1. The second-order valence-corrected chi connectivity index (χ2v) is 12.8. The van der Waals surface area contributed by atoms with E-state index in [1.54, 1.807) is 0 Å². The van der Waals surface area contributed by atoms with Crippen LogP contribution in [0.2, 0.25) is 19.6 Å². The van der Waals surface area contributed by atoms with Crippen LogP contribution >= 0.6 is 0 Å². The molecule has 1 aliphatic rings. The van der Waals surface area contributed by atoms with Gasteiger partial charge in [-0.15, -0.1) is 0 Å². The molecule has 0 amide bonds. The molecule has 1 aromatic rings. The van der Waals surface area contributed by atoms with Gasteiger partial charge in [-0.1, -0.05) is 50.8 Å². The first-order valence-electron chi connectivity index (χ1n) is 8.25. The van der Waals surface area contributed by atoms with E-state index in [9.17, 15) is 4.79 Å². The second-order valence-electron chi connectivity index (χ2n) is 7.68. The molecule has 0 radical (unpaired) electrons. The largest absolute Gasteiger partial charge is 0.373 e. The lowest BCUT2D eigenvalue weighted by molar-refractivity contribution is -0.283. The fourth-order valence-corrected chi connectivity index (χ4v) is 4.02. The molecular weight excluding hydrogens is 292 g/mol. The Morgan fingerprint density at radius 2 is 1.68 bits per heavy atom. The second kappa shape index (κ2) is 6.96. The van der Waals surface area contributed by atoms with Crippen molar-refractivity contribution >= 4 is 19.2 Å². The van der Waals surface area contributed by atoms with Crippen molar-refractivity contribution in [1.82, 2.24) is 0 Å². The molecule has 1 saturated carbocycles. The van der Waals surface area contributed by atoms with Gasteiger partial charge >= 0.3 is 5.97 Å². The van der Waals surface area contributed by atoms with Crippen molar-refractivity contribution < 1.29 is 14.6 Å². The van der Waals surface area contributed by atoms with Gasteiger partial charge in [-0.05, 0) is 43.2 Å². The molecule has 0 aliphatic heterocycles. The lowest BCUT2D eigenvalue weighted by atomic mass is 9.80. The number of hydrogen-bond donors (Lipinski definition) is 0. The van der Waals surface area contributed by atoms with Gasteiger partial charge in [0.25, 0.3) is 0 Å². The molecule has 0 aromatic heterocycles. The van der Waals surface area contributed by atoms with E-state index in [-0.39, 0.29) is 6.10 Å². The van der Waals surface area contributed by atoms with E-state index in [1.807, 2.05) is 24.3 Å². The minimum atomic E-state index is -1.33. The Bertz CT molecular complexity index is 504. The van der Waals surface area contributed by atoms with Crippen molar-refractivity contribution in [3.8, 4) is 0 Å². The fraction of sp³-hybridized carbons (Fsp3) is 0.611. The van der Waals surface area contributed by atoms with E-state index in [1.165, 1.54) is 5.19 Å². The van der Waals surface area contributed by atoms with Gasteiger partial charge in [0.05, 0.1) is 13.6 Å². The first-order chi connectivity index (χ1) is 10.3. The summed E-state index contributed by atoms with van der Waals surface area (Å²) in [5.41, 5.74) is 0.555. The number of carbonyl (C=O) groups excluding carboxylic acids is 1. The monoisotopic (exact) mass is 320 g/mol. The predicted molar refractivity (Wildman–Crippen MR) is 91.9 cm³/mol. The molecule has 122 valence electrons. The van der Waals surface area contributed by atoms with Crippen molar-refractivity contribution in [2.75, 3.05) is 0 Å². The van der Waals surface area contributed by atoms with Crippen LogP contribution in [0.3, 0.4) is 0 Å². The maximum atomic E-state index is 12.1. The van der Waals surface area contributed by atoms with E-state index < -0.39 is 14.0 Å². The highest BCUT2D eigenvalue weighted by molar-refractivity contribution is 6.88.